The number of carbonyl (C=O) groups is 1. The lowest BCUT2D eigenvalue weighted by Gasteiger charge is -2.10. The summed E-state index contributed by atoms with van der Waals surface area (Å²) in [6.07, 6.45) is -4.06. The van der Waals surface area contributed by atoms with E-state index >= 15 is 0 Å². The maximum atomic E-state index is 12.7. The Kier molecular flexibility index (Phi) is 5.71. The topological polar surface area (TPSA) is 83.6 Å². The molecule has 0 saturated heterocycles. The Bertz CT molecular complexity index is 1050. The highest BCUT2D eigenvalue weighted by atomic mass is 19.4. The van der Waals surface area contributed by atoms with Crippen LogP contribution in [-0.2, 0) is 28.9 Å². The van der Waals surface area contributed by atoms with Gasteiger partial charge in [-0.05, 0) is 30.3 Å². The fourth-order valence-electron chi connectivity index (χ4n) is 2.44. The maximum Gasteiger partial charge on any atom is 0.417 e. The minimum Gasteiger partial charge on any atom is -0.497 e. The van der Waals surface area contributed by atoms with Crippen LogP contribution in [-0.4, -0.2) is 22.8 Å². The average molecular weight is 408 g/mol. The van der Waals surface area contributed by atoms with Crippen LogP contribution in [0.25, 0.3) is 11.3 Å². The van der Waals surface area contributed by atoms with Gasteiger partial charge < -0.3 is 18.6 Å². The molecular formula is C19H15F3N2O5. The van der Waals surface area contributed by atoms with Crippen LogP contribution in [0.15, 0.2) is 58.0 Å². The second kappa shape index (κ2) is 8.21. The Balaban J connectivity index is 1.61. The molecule has 0 bridgehead atoms. The van der Waals surface area contributed by atoms with Gasteiger partial charge in [-0.2, -0.15) is 13.2 Å². The third kappa shape index (κ3) is 5.03. The lowest BCUT2D eigenvalue weighted by molar-refractivity contribution is -0.147. The normalized spacial score (nSPS) is 11.3. The molecule has 0 unspecified atom stereocenters. The first-order valence-electron chi connectivity index (χ1n) is 8.29. The van der Waals surface area contributed by atoms with Gasteiger partial charge in [0.15, 0.2) is 12.4 Å². The molecule has 0 aliphatic rings. The number of rotatable bonds is 6. The fraction of sp³-hybridized carbons (Fsp3) is 0.211. The second-order valence-electron chi connectivity index (χ2n) is 5.95. The van der Waals surface area contributed by atoms with Crippen molar-refractivity contribution in [3.8, 4) is 17.0 Å². The van der Waals surface area contributed by atoms with Crippen LogP contribution in [0, 0.1) is 0 Å². The Hall–Kier alpha value is -3.56. The molecule has 29 heavy (non-hydrogen) atoms. The number of pyridine rings is 1. The summed E-state index contributed by atoms with van der Waals surface area (Å²) in [5, 5.41) is 3.87. The number of hydrogen-bond acceptors (Lipinski definition) is 6. The first-order chi connectivity index (χ1) is 13.8. The first-order valence-corrected chi connectivity index (χ1v) is 8.29. The molecule has 0 saturated carbocycles. The molecule has 0 aliphatic heterocycles. The molecule has 3 rings (SSSR count). The predicted octanol–water partition coefficient (Wildman–Crippen LogP) is 3.27. The van der Waals surface area contributed by atoms with E-state index in [2.05, 4.69) is 5.16 Å². The molecule has 0 spiro atoms. The monoisotopic (exact) mass is 408 g/mol. The highest BCUT2D eigenvalue weighted by Gasteiger charge is 2.31. The van der Waals surface area contributed by atoms with Crippen molar-refractivity contribution >= 4 is 5.97 Å². The zero-order valence-electron chi connectivity index (χ0n) is 15.1. The molecule has 0 radical (unpaired) electrons. The number of halogens is 3. The van der Waals surface area contributed by atoms with Crippen molar-refractivity contribution in [3.63, 3.8) is 0 Å². The third-order valence-corrected chi connectivity index (χ3v) is 3.93. The van der Waals surface area contributed by atoms with Gasteiger partial charge in [-0.25, -0.2) is 0 Å². The number of carbonyl (C=O) groups excluding carboxylic acids is 1. The molecule has 7 nitrogen and oxygen atoms in total. The summed E-state index contributed by atoms with van der Waals surface area (Å²) in [6.45, 7) is -0.947. The minimum atomic E-state index is -4.63. The van der Waals surface area contributed by atoms with E-state index in [0.717, 1.165) is 11.6 Å². The molecule has 0 amide bonds. The Morgan fingerprint density at radius 1 is 1.17 bits per heavy atom. The van der Waals surface area contributed by atoms with Gasteiger partial charge in [0, 0.05) is 23.9 Å². The largest absolute Gasteiger partial charge is 0.497 e. The summed E-state index contributed by atoms with van der Waals surface area (Å²) < 4.78 is 54.0. The number of ether oxygens (including phenoxy) is 2. The van der Waals surface area contributed by atoms with Crippen LogP contribution >= 0.6 is 0 Å². The average Bonchev–Trinajstić information content (AvgIpc) is 3.16. The molecule has 0 fully saturated rings. The number of nitrogens with zero attached hydrogens (tertiary/aromatic N) is 2. The number of aromatic nitrogens is 2. The lowest BCUT2D eigenvalue weighted by Crippen LogP contribution is -2.26. The van der Waals surface area contributed by atoms with E-state index in [1.807, 2.05) is 0 Å². The van der Waals surface area contributed by atoms with E-state index in [-0.39, 0.29) is 12.4 Å². The van der Waals surface area contributed by atoms with Crippen LogP contribution in [0.3, 0.4) is 0 Å². The van der Waals surface area contributed by atoms with Crippen LogP contribution < -0.4 is 10.3 Å². The summed E-state index contributed by atoms with van der Waals surface area (Å²) in [5.41, 5.74) is -0.531. The molecule has 0 aliphatic carbocycles. The Morgan fingerprint density at radius 3 is 2.55 bits per heavy atom. The van der Waals surface area contributed by atoms with Gasteiger partial charge in [-0.15, -0.1) is 0 Å². The quantitative estimate of drug-likeness (QED) is 0.582. The van der Waals surface area contributed by atoms with Crippen molar-refractivity contribution in [2.75, 3.05) is 7.11 Å². The van der Waals surface area contributed by atoms with Gasteiger partial charge >= 0.3 is 12.1 Å². The number of alkyl halides is 3. The molecular weight excluding hydrogens is 393 g/mol. The number of hydrogen-bond donors (Lipinski definition) is 0. The van der Waals surface area contributed by atoms with E-state index in [1.54, 1.807) is 37.4 Å². The summed E-state index contributed by atoms with van der Waals surface area (Å²) in [7, 11) is 1.55. The van der Waals surface area contributed by atoms with Crippen LogP contribution in [0.1, 0.15) is 11.3 Å². The SMILES string of the molecule is COc1ccc(-c2cc(COC(=O)Cn3cc(C(F)(F)F)ccc3=O)on2)cc1. The zero-order chi connectivity index (χ0) is 21.0. The highest BCUT2D eigenvalue weighted by molar-refractivity contribution is 5.69. The fourth-order valence-corrected chi connectivity index (χ4v) is 2.44. The smallest absolute Gasteiger partial charge is 0.417 e. The van der Waals surface area contributed by atoms with E-state index in [0.29, 0.717) is 28.3 Å². The number of esters is 1. The molecule has 2 heterocycles. The van der Waals surface area contributed by atoms with Gasteiger partial charge in [-0.3, -0.25) is 9.59 Å². The molecule has 152 valence electrons. The van der Waals surface area contributed by atoms with Gasteiger partial charge in [0.1, 0.15) is 18.0 Å². The van der Waals surface area contributed by atoms with Crippen molar-refractivity contribution < 1.29 is 32.0 Å². The van der Waals surface area contributed by atoms with Gasteiger partial charge in [0.25, 0.3) is 5.56 Å². The third-order valence-electron chi connectivity index (χ3n) is 3.93. The van der Waals surface area contributed by atoms with Crippen molar-refractivity contribution in [2.45, 2.75) is 19.3 Å². The van der Waals surface area contributed by atoms with Gasteiger partial charge in [-0.1, -0.05) is 5.16 Å². The molecule has 3 aromatic rings. The molecule has 0 N–H and O–H groups in total. The van der Waals surface area contributed by atoms with Gasteiger partial charge in [0.2, 0.25) is 0 Å². The Labute approximate surface area is 162 Å². The number of methoxy groups -OCH3 is 1. The molecule has 10 heteroatoms. The zero-order valence-corrected chi connectivity index (χ0v) is 15.1. The second-order valence-corrected chi connectivity index (χ2v) is 5.95. The van der Waals surface area contributed by atoms with Crippen molar-refractivity contribution in [1.82, 2.24) is 9.72 Å². The standard InChI is InChI=1S/C19H15F3N2O5/c1-27-14-5-2-12(3-6-14)16-8-15(29-23-16)11-28-18(26)10-24-9-13(19(20,21)22)4-7-17(24)25/h2-9H,10-11H2,1H3. The van der Waals surface area contributed by atoms with E-state index < -0.39 is 29.8 Å². The summed E-state index contributed by atoms with van der Waals surface area (Å²) >= 11 is 0. The van der Waals surface area contributed by atoms with Crippen molar-refractivity contribution in [2.24, 2.45) is 0 Å². The molecule has 1 aromatic carbocycles. The highest BCUT2D eigenvalue weighted by Crippen LogP contribution is 2.28. The van der Waals surface area contributed by atoms with Gasteiger partial charge in [0.05, 0.1) is 12.7 Å². The van der Waals surface area contributed by atoms with E-state index in [9.17, 15) is 22.8 Å². The van der Waals surface area contributed by atoms with Crippen LogP contribution in [0.4, 0.5) is 13.2 Å². The van der Waals surface area contributed by atoms with Crippen molar-refractivity contribution in [3.05, 3.63) is 70.3 Å². The molecule has 2 aromatic heterocycles. The van der Waals surface area contributed by atoms with E-state index in [4.69, 9.17) is 14.0 Å². The van der Waals surface area contributed by atoms with Crippen molar-refractivity contribution in [1.29, 1.82) is 0 Å². The summed E-state index contributed by atoms with van der Waals surface area (Å²) in [4.78, 5) is 23.6. The van der Waals surface area contributed by atoms with Crippen LogP contribution in [0.5, 0.6) is 5.75 Å². The maximum absolute atomic E-state index is 12.7. The van der Waals surface area contributed by atoms with Crippen LogP contribution in [0.2, 0.25) is 0 Å². The summed E-state index contributed by atoms with van der Waals surface area (Å²) in [5.74, 6) is 0.0191. The minimum absolute atomic E-state index is 0.237. The Morgan fingerprint density at radius 2 is 1.90 bits per heavy atom. The predicted molar refractivity (Wildman–Crippen MR) is 94.0 cm³/mol. The lowest BCUT2D eigenvalue weighted by atomic mass is 10.1. The first kappa shape index (κ1) is 20.2. The molecule has 0 atom stereocenters. The van der Waals surface area contributed by atoms with E-state index in [1.165, 1.54) is 0 Å². The number of benzene rings is 1. The summed E-state index contributed by atoms with van der Waals surface area (Å²) in [6, 6.07) is 9.99.